The molecule has 0 aliphatic rings. The van der Waals surface area contributed by atoms with Crippen molar-refractivity contribution in [2.24, 2.45) is 0 Å². The summed E-state index contributed by atoms with van der Waals surface area (Å²) in [6.45, 7) is 14.5. The molecule has 0 aliphatic heterocycles. The predicted molar refractivity (Wildman–Crippen MR) is 159 cm³/mol. The minimum Gasteiger partial charge on any atom is -0.467 e. The van der Waals surface area contributed by atoms with Gasteiger partial charge in [0.15, 0.2) is 0 Å². The van der Waals surface area contributed by atoms with Crippen molar-refractivity contribution in [2.75, 3.05) is 153 Å². The van der Waals surface area contributed by atoms with Crippen LogP contribution in [0.5, 0.6) is 0 Å². The fourth-order valence-corrected chi connectivity index (χ4v) is 2.83. The zero-order chi connectivity index (χ0) is 32.6. The standard InChI is InChI=1S/C29H57NO14/c1-29(2,3)44-28(32)30(4)6-7-34-8-9-35-10-11-36-12-13-37-14-15-38-16-17-39-18-19-40-20-21-41-22-23-42-24-25-43-26-27(31)33-5/h6-26H2,1-5H3. The van der Waals surface area contributed by atoms with Gasteiger partial charge in [0.05, 0.1) is 133 Å². The first-order valence-electron chi connectivity index (χ1n) is 15.0. The van der Waals surface area contributed by atoms with Gasteiger partial charge in [0.25, 0.3) is 0 Å². The second kappa shape index (κ2) is 31.3. The molecule has 0 saturated carbocycles. The molecule has 0 spiro atoms. The van der Waals surface area contributed by atoms with Gasteiger partial charge in [-0.05, 0) is 20.8 Å². The summed E-state index contributed by atoms with van der Waals surface area (Å²) in [5.74, 6) is -0.411. The van der Waals surface area contributed by atoms with Crippen LogP contribution in [-0.2, 0) is 61.6 Å². The lowest BCUT2D eigenvalue weighted by molar-refractivity contribution is -0.146. The number of rotatable bonds is 32. The lowest BCUT2D eigenvalue weighted by Crippen LogP contribution is -2.36. The van der Waals surface area contributed by atoms with Gasteiger partial charge < -0.3 is 61.7 Å². The maximum Gasteiger partial charge on any atom is 0.410 e. The van der Waals surface area contributed by atoms with Crippen LogP contribution in [0.15, 0.2) is 0 Å². The minimum absolute atomic E-state index is 0.0738. The van der Waals surface area contributed by atoms with E-state index in [1.165, 1.54) is 12.0 Å². The smallest absolute Gasteiger partial charge is 0.410 e. The molecule has 44 heavy (non-hydrogen) atoms. The number of ether oxygens (including phenoxy) is 12. The van der Waals surface area contributed by atoms with Crippen LogP contribution in [0.2, 0.25) is 0 Å². The third-order valence-corrected chi connectivity index (χ3v) is 5.07. The Morgan fingerprint density at radius 2 is 0.750 bits per heavy atom. The van der Waals surface area contributed by atoms with Crippen LogP contribution < -0.4 is 0 Å². The second-order valence-electron chi connectivity index (χ2n) is 10.0. The normalized spacial score (nSPS) is 11.6. The molecule has 0 aromatic rings. The van der Waals surface area contributed by atoms with E-state index in [4.69, 9.17) is 52.1 Å². The fraction of sp³-hybridized carbons (Fsp3) is 0.931. The van der Waals surface area contributed by atoms with Crippen LogP contribution in [0.25, 0.3) is 0 Å². The molecule has 0 N–H and O–H groups in total. The van der Waals surface area contributed by atoms with E-state index < -0.39 is 11.6 Å². The Morgan fingerprint density at radius 1 is 0.477 bits per heavy atom. The Hall–Kier alpha value is -1.66. The first-order chi connectivity index (χ1) is 21.3. The van der Waals surface area contributed by atoms with Gasteiger partial charge in [0, 0.05) is 13.6 Å². The molecule has 0 rings (SSSR count). The number of hydrogen-bond donors (Lipinski definition) is 0. The lowest BCUT2D eigenvalue weighted by atomic mass is 10.2. The number of carbonyl (C=O) groups excluding carboxylic acids is 2. The summed E-state index contributed by atoms with van der Waals surface area (Å²) >= 11 is 0. The molecule has 15 heteroatoms. The summed E-state index contributed by atoms with van der Waals surface area (Å²) in [6, 6.07) is 0. The maximum atomic E-state index is 11.8. The molecule has 0 aromatic heterocycles. The molecule has 0 aromatic carbocycles. The first kappa shape index (κ1) is 42.3. The van der Waals surface area contributed by atoms with Crippen LogP contribution in [0.4, 0.5) is 4.79 Å². The molecule has 1 amide bonds. The first-order valence-corrected chi connectivity index (χ1v) is 15.0. The topological polar surface area (TPSA) is 148 Å². The second-order valence-corrected chi connectivity index (χ2v) is 10.0. The highest BCUT2D eigenvalue weighted by atomic mass is 16.6. The van der Waals surface area contributed by atoms with Crippen LogP contribution in [0, 0.1) is 0 Å². The molecule has 0 unspecified atom stereocenters. The maximum absolute atomic E-state index is 11.8. The van der Waals surface area contributed by atoms with Crippen LogP contribution >= 0.6 is 0 Å². The van der Waals surface area contributed by atoms with Gasteiger partial charge in [-0.3, -0.25) is 0 Å². The Kier molecular flexibility index (Phi) is 30.1. The van der Waals surface area contributed by atoms with E-state index in [1.807, 2.05) is 20.8 Å². The van der Waals surface area contributed by atoms with E-state index in [0.717, 1.165) is 0 Å². The van der Waals surface area contributed by atoms with Gasteiger partial charge in [0.1, 0.15) is 12.2 Å². The lowest BCUT2D eigenvalue weighted by Gasteiger charge is -2.24. The Balaban J connectivity index is 3.16. The summed E-state index contributed by atoms with van der Waals surface area (Å²) in [4.78, 5) is 24.2. The van der Waals surface area contributed by atoms with Gasteiger partial charge in [-0.2, -0.15) is 0 Å². The number of amides is 1. The number of carbonyl (C=O) groups is 2. The SMILES string of the molecule is COC(=O)COCCOCCOCCOCCOCCOCCOCCOCCOCCOCCN(C)C(=O)OC(C)(C)C. The van der Waals surface area contributed by atoms with E-state index >= 15 is 0 Å². The molecule has 262 valence electrons. The molecule has 0 heterocycles. The van der Waals surface area contributed by atoms with E-state index in [-0.39, 0.29) is 12.7 Å². The Labute approximate surface area is 262 Å². The van der Waals surface area contributed by atoms with E-state index in [0.29, 0.717) is 132 Å². The molecular formula is C29H57NO14. The third kappa shape index (κ3) is 33.2. The fourth-order valence-electron chi connectivity index (χ4n) is 2.83. The molecule has 0 fully saturated rings. The number of nitrogens with zero attached hydrogens (tertiary/aromatic N) is 1. The molecule has 0 radical (unpaired) electrons. The molecular weight excluding hydrogens is 586 g/mol. The van der Waals surface area contributed by atoms with Gasteiger partial charge in [0.2, 0.25) is 0 Å². The summed E-state index contributed by atoms with van der Waals surface area (Å²) < 4.78 is 63.7. The van der Waals surface area contributed by atoms with Crippen molar-refractivity contribution < 1.29 is 66.4 Å². The van der Waals surface area contributed by atoms with Crippen molar-refractivity contribution in [1.29, 1.82) is 0 Å². The molecule has 0 aliphatic carbocycles. The Morgan fingerprint density at radius 3 is 1.02 bits per heavy atom. The highest BCUT2D eigenvalue weighted by Crippen LogP contribution is 2.08. The highest BCUT2D eigenvalue weighted by molar-refractivity contribution is 5.70. The summed E-state index contributed by atoms with van der Waals surface area (Å²) in [5, 5.41) is 0. The summed E-state index contributed by atoms with van der Waals surface area (Å²) in [6.07, 6.45) is -0.368. The molecule has 0 bridgehead atoms. The van der Waals surface area contributed by atoms with Crippen molar-refractivity contribution in [1.82, 2.24) is 4.90 Å². The molecule has 0 atom stereocenters. The zero-order valence-corrected chi connectivity index (χ0v) is 27.5. The monoisotopic (exact) mass is 643 g/mol. The number of likely N-dealkylation sites (N-methyl/N-ethyl adjacent to an activating group) is 1. The quantitative estimate of drug-likeness (QED) is 0.0763. The zero-order valence-electron chi connectivity index (χ0n) is 27.5. The molecule has 15 nitrogen and oxygen atoms in total. The molecule has 0 saturated heterocycles. The van der Waals surface area contributed by atoms with E-state index in [1.54, 1.807) is 7.05 Å². The van der Waals surface area contributed by atoms with E-state index in [2.05, 4.69) is 4.74 Å². The predicted octanol–water partition coefficient (Wildman–Crippen LogP) is 1.19. The number of esters is 1. The van der Waals surface area contributed by atoms with Crippen molar-refractivity contribution >= 4 is 12.1 Å². The van der Waals surface area contributed by atoms with Crippen LogP contribution in [-0.4, -0.2) is 175 Å². The third-order valence-electron chi connectivity index (χ3n) is 5.07. The van der Waals surface area contributed by atoms with Crippen molar-refractivity contribution in [2.45, 2.75) is 26.4 Å². The number of methoxy groups -OCH3 is 1. The van der Waals surface area contributed by atoms with Crippen molar-refractivity contribution in [3.63, 3.8) is 0 Å². The highest BCUT2D eigenvalue weighted by Gasteiger charge is 2.19. The van der Waals surface area contributed by atoms with Gasteiger partial charge in [-0.15, -0.1) is 0 Å². The average Bonchev–Trinajstić information content (AvgIpc) is 2.98. The van der Waals surface area contributed by atoms with Crippen molar-refractivity contribution in [3.8, 4) is 0 Å². The van der Waals surface area contributed by atoms with Gasteiger partial charge >= 0.3 is 12.1 Å². The number of hydrogen-bond acceptors (Lipinski definition) is 14. The largest absolute Gasteiger partial charge is 0.467 e. The van der Waals surface area contributed by atoms with Gasteiger partial charge in [-0.25, -0.2) is 9.59 Å². The van der Waals surface area contributed by atoms with Crippen molar-refractivity contribution in [3.05, 3.63) is 0 Å². The average molecular weight is 644 g/mol. The van der Waals surface area contributed by atoms with Gasteiger partial charge in [-0.1, -0.05) is 0 Å². The van der Waals surface area contributed by atoms with Crippen LogP contribution in [0.3, 0.4) is 0 Å². The summed E-state index contributed by atoms with van der Waals surface area (Å²) in [7, 11) is 2.99. The Bertz CT molecular complexity index is 650. The van der Waals surface area contributed by atoms with E-state index in [9.17, 15) is 9.59 Å². The van der Waals surface area contributed by atoms with Crippen LogP contribution in [0.1, 0.15) is 20.8 Å². The minimum atomic E-state index is -0.512. The summed E-state index contributed by atoms with van der Waals surface area (Å²) in [5.41, 5.74) is -0.512.